The summed E-state index contributed by atoms with van der Waals surface area (Å²) < 4.78 is 6.35. The number of ether oxygens (including phenoxy) is 1. The summed E-state index contributed by atoms with van der Waals surface area (Å²) >= 11 is 4.36. The van der Waals surface area contributed by atoms with Crippen LogP contribution in [0.25, 0.3) is 0 Å². The van der Waals surface area contributed by atoms with Crippen LogP contribution in [0.5, 0.6) is 0 Å². The number of fused-ring (bicyclic) bond motifs is 5. The number of thiol groups is 1. The highest BCUT2D eigenvalue weighted by atomic mass is 32.1. The van der Waals surface area contributed by atoms with Crippen molar-refractivity contribution < 1.29 is 19.1 Å². The maximum Gasteiger partial charge on any atom is 0.311 e. The monoisotopic (exact) mass is 484 g/mol. The molecule has 5 rings (SSSR count). The number of hydrogen-bond donors (Lipinski definition) is 1. The molecule has 0 N–H and O–H groups in total. The molecular formula is C29H40O4S. The SMILES string of the molecule is C[C@H]1C[C@@H]2[C@H](CC[C@@]3(C)[C@H]2CC[C@]3(OC(=O)C2C(C)(C)C2(C)C)C(=O)S)[C@@]2(C)C=CC(=O)C=C12. The molecule has 0 aliphatic heterocycles. The topological polar surface area (TPSA) is 60.4 Å². The van der Waals surface area contributed by atoms with E-state index in [4.69, 9.17) is 4.74 Å². The number of ketones is 1. The lowest BCUT2D eigenvalue weighted by molar-refractivity contribution is -0.187. The van der Waals surface area contributed by atoms with E-state index in [-0.39, 0.29) is 39.0 Å². The molecule has 0 unspecified atom stereocenters. The second kappa shape index (κ2) is 7.11. The van der Waals surface area contributed by atoms with Gasteiger partial charge in [0.15, 0.2) is 11.4 Å². The summed E-state index contributed by atoms with van der Waals surface area (Å²) in [6.45, 7) is 15.1. The Morgan fingerprint density at radius 3 is 2.21 bits per heavy atom. The highest BCUT2D eigenvalue weighted by molar-refractivity contribution is 7.96. The van der Waals surface area contributed by atoms with Gasteiger partial charge in [0.25, 0.3) is 0 Å². The molecular weight excluding hydrogens is 444 g/mol. The van der Waals surface area contributed by atoms with Crippen molar-refractivity contribution >= 4 is 29.5 Å². The zero-order chi connectivity index (χ0) is 25.1. The number of allylic oxidation sites excluding steroid dienone is 4. The van der Waals surface area contributed by atoms with Crippen LogP contribution >= 0.6 is 12.6 Å². The molecule has 5 aliphatic rings. The van der Waals surface area contributed by atoms with E-state index < -0.39 is 11.0 Å². The van der Waals surface area contributed by atoms with Crippen molar-refractivity contribution in [2.24, 2.45) is 51.2 Å². The molecule has 0 spiro atoms. The van der Waals surface area contributed by atoms with Crippen LogP contribution in [0, 0.1) is 51.2 Å². The normalized spacial score (nSPS) is 46.1. The van der Waals surface area contributed by atoms with Gasteiger partial charge in [-0.3, -0.25) is 14.4 Å². The number of hydrogen-bond acceptors (Lipinski definition) is 4. The Labute approximate surface area is 209 Å². The molecule has 4 saturated carbocycles. The summed E-state index contributed by atoms with van der Waals surface area (Å²) in [7, 11) is 0. The van der Waals surface area contributed by atoms with Gasteiger partial charge in [-0.25, -0.2) is 0 Å². The minimum absolute atomic E-state index is 0.0943. The number of rotatable bonds is 3. The van der Waals surface area contributed by atoms with Crippen molar-refractivity contribution in [1.82, 2.24) is 0 Å². The van der Waals surface area contributed by atoms with E-state index >= 15 is 0 Å². The Bertz CT molecular complexity index is 1020. The zero-order valence-electron chi connectivity index (χ0n) is 21.7. The molecule has 0 bridgehead atoms. The summed E-state index contributed by atoms with van der Waals surface area (Å²) in [5.74, 6) is 1.13. The third-order valence-electron chi connectivity index (χ3n) is 11.9. The van der Waals surface area contributed by atoms with Gasteiger partial charge >= 0.3 is 5.97 Å². The van der Waals surface area contributed by atoms with Crippen molar-refractivity contribution in [3.8, 4) is 0 Å². The Kier molecular flexibility index (Phi) is 5.09. The molecule has 0 radical (unpaired) electrons. The molecule has 0 heterocycles. The molecule has 4 nitrogen and oxygen atoms in total. The van der Waals surface area contributed by atoms with Crippen LogP contribution in [-0.2, 0) is 19.1 Å². The maximum atomic E-state index is 13.5. The standard InChI is InChI=1S/C29H40O4S/c1-16-14-18-19(27(6)11-8-17(30)15-21(16)27)9-12-28(7)20(18)10-13-29(28,24(32)34)33-23(31)22-25(2,3)26(22,4)5/h8,11,15-16,18-20,22H,9-10,12-14H2,1-7H3,(H,32,34)/t16-,18+,19-,20-,27+,28-,29-/m0/s1. The highest BCUT2D eigenvalue weighted by Gasteiger charge is 2.73. The van der Waals surface area contributed by atoms with Gasteiger partial charge < -0.3 is 4.74 Å². The molecule has 0 amide bonds. The van der Waals surface area contributed by atoms with Crippen LogP contribution in [-0.4, -0.2) is 22.5 Å². The van der Waals surface area contributed by atoms with Gasteiger partial charge in [0.05, 0.1) is 5.92 Å². The highest BCUT2D eigenvalue weighted by Crippen LogP contribution is 2.71. The van der Waals surface area contributed by atoms with Crippen molar-refractivity contribution in [3.05, 3.63) is 23.8 Å². The molecule has 0 aromatic rings. The lowest BCUT2D eigenvalue weighted by Crippen LogP contribution is -2.58. The Morgan fingerprint density at radius 2 is 1.62 bits per heavy atom. The molecule has 186 valence electrons. The van der Waals surface area contributed by atoms with Crippen LogP contribution in [0.1, 0.15) is 80.6 Å². The minimum Gasteiger partial charge on any atom is -0.449 e. The van der Waals surface area contributed by atoms with E-state index in [9.17, 15) is 14.4 Å². The largest absolute Gasteiger partial charge is 0.449 e. The van der Waals surface area contributed by atoms with Gasteiger partial charge in [-0.15, -0.1) is 12.6 Å². The molecule has 5 aliphatic carbocycles. The van der Waals surface area contributed by atoms with E-state index in [1.54, 1.807) is 6.08 Å². The van der Waals surface area contributed by atoms with Crippen molar-refractivity contribution in [3.63, 3.8) is 0 Å². The molecule has 5 heteroatoms. The van der Waals surface area contributed by atoms with Gasteiger partial charge in [0, 0.05) is 10.8 Å². The van der Waals surface area contributed by atoms with Crippen LogP contribution in [0.4, 0.5) is 0 Å². The van der Waals surface area contributed by atoms with Crippen molar-refractivity contribution in [2.45, 2.75) is 86.2 Å². The Hall–Kier alpha value is -1.36. The predicted octanol–water partition coefficient (Wildman–Crippen LogP) is 5.96. The van der Waals surface area contributed by atoms with Gasteiger partial charge in [-0.1, -0.05) is 60.1 Å². The summed E-state index contributed by atoms with van der Waals surface area (Å²) in [5, 5.41) is -0.292. The van der Waals surface area contributed by atoms with Gasteiger partial charge in [0.1, 0.15) is 0 Å². The van der Waals surface area contributed by atoms with E-state index in [0.29, 0.717) is 30.1 Å². The van der Waals surface area contributed by atoms with E-state index in [1.807, 2.05) is 6.08 Å². The smallest absolute Gasteiger partial charge is 0.311 e. The zero-order valence-corrected chi connectivity index (χ0v) is 22.6. The fourth-order valence-electron chi connectivity index (χ4n) is 9.19. The Balaban J connectivity index is 1.48. The first-order valence-electron chi connectivity index (χ1n) is 13.0. The lowest BCUT2D eigenvalue weighted by Gasteiger charge is -2.59. The summed E-state index contributed by atoms with van der Waals surface area (Å²) in [6.07, 6.45) is 9.98. The van der Waals surface area contributed by atoms with Gasteiger partial charge in [0.2, 0.25) is 5.12 Å². The third kappa shape index (κ3) is 2.82. The second-order valence-corrected chi connectivity index (χ2v) is 14.0. The first kappa shape index (κ1) is 24.3. The fourth-order valence-corrected chi connectivity index (χ4v) is 9.61. The van der Waals surface area contributed by atoms with Gasteiger partial charge in [-0.2, -0.15) is 0 Å². The minimum atomic E-state index is -1.16. The quantitative estimate of drug-likeness (QED) is 0.397. The van der Waals surface area contributed by atoms with Crippen LogP contribution in [0.15, 0.2) is 23.8 Å². The van der Waals surface area contributed by atoms with E-state index in [2.05, 4.69) is 67.2 Å². The first-order valence-corrected chi connectivity index (χ1v) is 13.5. The van der Waals surface area contributed by atoms with Crippen molar-refractivity contribution in [2.75, 3.05) is 0 Å². The van der Waals surface area contributed by atoms with E-state index in [1.165, 1.54) is 5.57 Å². The Morgan fingerprint density at radius 1 is 1.00 bits per heavy atom. The summed E-state index contributed by atoms with van der Waals surface area (Å²) in [5.41, 5.74) is -0.700. The number of carbonyl (C=O) groups is 3. The third-order valence-corrected chi connectivity index (χ3v) is 12.2. The second-order valence-electron chi connectivity index (χ2n) is 13.6. The molecule has 34 heavy (non-hydrogen) atoms. The number of esters is 1. The number of carbonyl (C=O) groups excluding carboxylic acids is 3. The fraction of sp³-hybridized carbons (Fsp3) is 0.759. The van der Waals surface area contributed by atoms with Crippen LogP contribution in [0.2, 0.25) is 0 Å². The van der Waals surface area contributed by atoms with Crippen LogP contribution in [0.3, 0.4) is 0 Å². The molecule has 0 saturated heterocycles. The molecule has 0 aromatic heterocycles. The maximum absolute atomic E-state index is 13.5. The van der Waals surface area contributed by atoms with Crippen molar-refractivity contribution in [1.29, 1.82) is 0 Å². The summed E-state index contributed by atoms with van der Waals surface area (Å²) in [6, 6.07) is 0. The summed E-state index contributed by atoms with van der Waals surface area (Å²) in [4.78, 5) is 38.8. The average Bonchev–Trinajstić information content (AvgIpc) is 2.97. The first-order chi connectivity index (χ1) is 15.6. The lowest BCUT2D eigenvalue weighted by atomic mass is 9.46. The van der Waals surface area contributed by atoms with Crippen LogP contribution < -0.4 is 0 Å². The molecule has 7 atom stereocenters. The van der Waals surface area contributed by atoms with E-state index in [0.717, 1.165) is 25.7 Å². The average molecular weight is 485 g/mol. The van der Waals surface area contributed by atoms with Gasteiger partial charge in [-0.05, 0) is 78.8 Å². The molecule has 0 aromatic carbocycles. The molecule has 4 fully saturated rings. The predicted molar refractivity (Wildman–Crippen MR) is 135 cm³/mol.